The largest absolute Gasteiger partial charge is 0.453 e. The van der Waals surface area contributed by atoms with Crippen LogP contribution in [0.25, 0.3) is 0 Å². The third-order valence-corrected chi connectivity index (χ3v) is 1.82. The minimum absolute atomic E-state index is 0.353. The van der Waals surface area contributed by atoms with Gasteiger partial charge in [0.05, 0.1) is 7.11 Å². The molecule has 1 fully saturated rings. The highest BCUT2D eigenvalue weighted by atomic mass is 16.6. The molecule has 0 bridgehead atoms. The molecule has 1 saturated heterocycles. The highest BCUT2D eigenvalue weighted by molar-refractivity contribution is 5.68. The lowest BCUT2D eigenvalue weighted by molar-refractivity contribution is -0.139. The van der Waals surface area contributed by atoms with Crippen molar-refractivity contribution in [2.24, 2.45) is 0 Å². The van der Waals surface area contributed by atoms with Crippen molar-refractivity contribution in [3.8, 4) is 0 Å². The van der Waals surface area contributed by atoms with Gasteiger partial charge < -0.3 is 9.47 Å². The van der Waals surface area contributed by atoms with Crippen LogP contribution >= 0.6 is 0 Å². The number of rotatable bonds is 2. The number of hydrogen-bond acceptors (Lipinski definition) is 4. The van der Waals surface area contributed by atoms with E-state index in [0.29, 0.717) is 19.4 Å². The predicted octanol–water partition coefficient (Wildman–Crippen LogP) is 0.348. The molecule has 0 saturated carbocycles. The summed E-state index contributed by atoms with van der Waals surface area (Å²) in [6, 6.07) is 0. The van der Waals surface area contributed by atoms with Crippen molar-refractivity contribution >= 4 is 12.6 Å². The summed E-state index contributed by atoms with van der Waals surface area (Å²) < 4.78 is 9.18. The second kappa shape index (κ2) is 3.94. The molecule has 0 aromatic heterocycles. The van der Waals surface area contributed by atoms with Gasteiger partial charge in [-0.3, -0.25) is 9.69 Å². The van der Waals surface area contributed by atoms with Gasteiger partial charge >= 0.3 is 6.09 Å². The summed E-state index contributed by atoms with van der Waals surface area (Å²) in [6.07, 6.45) is 0.649. The van der Waals surface area contributed by atoms with Gasteiger partial charge in [0.2, 0.25) is 0 Å². The molecule has 1 rings (SSSR count). The molecule has 5 heteroatoms. The fourth-order valence-corrected chi connectivity index (χ4v) is 1.27. The molecule has 68 valence electrons. The van der Waals surface area contributed by atoms with Crippen LogP contribution in [0, 0.1) is 0 Å². The molecular weight excluding hydrogens is 162 g/mol. The molecule has 1 heterocycles. The van der Waals surface area contributed by atoms with Gasteiger partial charge in [-0.15, -0.1) is 0 Å². The number of likely N-dealkylation sites (tertiary alicyclic amines) is 1. The van der Waals surface area contributed by atoms with Gasteiger partial charge in [0.1, 0.15) is 0 Å². The van der Waals surface area contributed by atoms with E-state index >= 15 is 0 Å². The Morgan fingerprint density at radius 1 is 1.67 bits per heavy atom. The maximum atomic E-state index is 11.0. The zero-order valence-electron chi connectivity index (χ0n) is 6.86. The van der Waals surface area contributed by atoms with Crippen molar-refractivity contribution in [2.45, 2.75) is 19.1 Å². The third kappa shape index (κ3) is 1.66. The summed E-state index contributed by atoms with van der Waals surface area (Å²) in [5, 5.41) is 0. The predicted molar refractivity (Wildman–Crippen MR) is 39.3 cm³/mol. The topological polar surface area (TPSA) is 55.8 Å². The van der Waals surface area contributed by atoms with Gasteiger partial charge in [-0.1, -0.05) is 0 Å². The van der Waals surface area contributed by atoms with E-state index in [2.05, 4.69) is 9.47 Å². The molecule has 12 heavy (non-hydrogen) atoms. The molecular formula is C7H11NO4. The maximum absolute atomic E-state index is 11.0. The lowest BCUT2D eigenvalue weighted by atomic mass is 10.4. The van der Waals surface area contributed by atoms with Crippen LogP contribution < -0.4 is 0 Å². The first-order valence-electron chi connectivity index (χ1n) is 3.73. The number of amides is 1. The first kappa shape index (κ1) is 8.83. The lowest BCUT2D eigenvalue weighted by Gasteiger charge is -2.20. The summed E-state index contributed by atoms with van der Waals surface area (Å²) in [5.41, 5.74) is 0. The molecule has 0 aliphatic carbocycles. The Hall–Kier alpha value is -1.26. The molecule has 0 spiro atoms. The van der Waals surface area contributed by atoms with Gasteiger partial charge in [0.25, 0.3) is 6.47 Å². The van der Waals surface area contributed by atoms with Gasteiger partial charge in [0, 0.05) is 13.0 Å². The van der Waals surface area contributed by atoms with Crippen molar-refractivity contribution in [2.75, 3.05) is 13.7 Å². The molecule has 1 amide bonds. The van der Waals surface area contributed by atoms with E-state index in [9.17, 15) is 9.59 Å². The van der Waals surface area contributed by atoms with Crippen LogP contribution in [0.5, 0.6) is 0 Å². The first-order valence-corrected chi connectivity index (χ1v) is 3.73. The zero-order chi connectivity index (χ0) is 8.97. The fraction of sp³-hybridized carbons (Fsp3) is 0.714. The van der Waals surface area contributed by atoms with Crippen LogP contribution in [-0.2, 0) is 14.3 Å². The Kier molecular flexibility index (Phi) is 2.90. The van der Waals surface area contributed by atoms with E-state index in [1.54, 1.807) is 0 Å². The smallest absolute Gasteiger partial charge is 0.412 e. The van der Waals surface area contributed by atoms with Gasteiger partial charge in [-0.25, -0.2) is 4.79 Å². The molecule has 0 aromatic rings. The van der Waals surface area contributed by atoms with Crippen LogP contribution in [0.2, 0.25) is 0 Å². The van der Waals surface area contributed by atoms with Crippen LogP contribution in [0.4, 0.5) is 4.79 Å². The van der Waals surface area contributed by atoms with E-state index < -0.39 is 12.3 Å². The van der Waals surface area contributed by atoms with E-state index in [1.807, 2.05) is 0 Å². The monoisotopic (exact) mass is 173 g/mol. The number of ether oxygens (including phenoxy) is 2. The average Bonchev–Trinajstić information content (AvgIpc) is 2.52. The average molecular weight is 173 g/mol. The number of nitrogens with zero attached hydrogens (tertiary/aromatic N) is 1. The van der Waals surface area contributed by atoms with Gasteiger partial charge in [-0.2, -0.15) is 0 Å². The summed E-state index contributed by atoms with van der Waals surface area (Å²) >= 11 is 0. The van der Waals surface area contributed by atoms with Crippen molar-refractivity contribution in [3.05, 3.63) is 0 Å². The Balaban J connectivity index is 2.50. The van der Waals surface area contributed by atoms with Gasteiger partial charge in [-0.05, 0) is 6.42 Å². The number of carbonyl (C=O) groups is 2. The van der Waals surface area contributed by atoms with Crippen molar-refractivity contribution < 1.29 is 19.1 Å². The Bertz CT molecular complexity index is 182. The minimum atomic E-state index is -0.445. The highest BCUT2D eigenvalue weighted by Gasteiger charge is 2.30. The SMILES string of the molecule is COC(=O)N1CCC[C@H]1OC=O. The molecule has 0 unspecified atom stereocenters. The molecule has 5 nitrogen and oxygen atoms in total. The number of hydrogen-bond donors (Lipinski definition) is 0. The van der Waals surface area contributed by atoms with Crippen LogP contribution in [-0.4, -0.2) is 37.3 Å². The second-order valence-electron chi connectivity index (χ2n) is 2.49. The Labute approximate surface area is 70.2 Å². The Morgan fingerprint density at radius 2 is 2.42 bits per heavy atom. The highest BCUT2D eigenvalue weighted by Crippen LogP contribution is 2.17. The molecule has 1 atom stereocenters. The normalized spacial score (nSPS) is 22.1. The standard InChI is InChI=1S/C7H11NO4/c1-11-7(10)8-4-2-3-6(8)12-5-9/h5-6H,2-4H2,1H3/t6-/m1/s1. The van der Waals surface area contributed by atoms with E-state index in [4.69, 9.17) is 0 Å². The fourth-order valence-electron chi connectivity index (χ4n) is 1.27. The van der Waals surface area contributed by atoms with Crippen molar-refractivity contribution in [3.63, 3.8) is 0 Å². The Morgan fingerprint density at radius 3 is 3.00 bits per heavy atom. The molecule has 0 aromatic carbocycles. The summed E-state index contributed by atoms with van der Waals surface area (Å²) in [7, 11) is 1.30. The first-order chi connectivity index (χ1) is 5.79. The number of carbonyl (C=O) groups excluding carboxylic acids is 2. The molecule has 1 aliphatic heterocycles. The maximum Gasteiger partial charge on any atom is 0.412 e. The van der Waals surface area contributed by atoms with Gasteiger partial charge in [0.15, 0.2) is 6.23 Å². The molecule has 0 radical (unpaired) electrons. The van der Waals surface area contributed by atoms with Crippen molar-refractivity contribution in [1.82, 2.24) is 4.90 Å². The third-order valence-electron chi connectivity index (χ3n) is 1.82. The second-order valence-corrected chi connectivity index (χ2v) is 2.49. The van der Waals surface area contributed by atoms with E-state index in [0.717, 1.165) is 6.42 Å². The summed E-state index contributed by atoms with van der Waals surface area (Å²) in [6.45, 7) is 0.942. The minimum Gasteiger partial charge on any atom is -0.453 e. The van der Waals surface area contributed by atoms with E-state index in [-0.39, 0.29) is 0 Å². The molecule has 0 N–H and O–H groups in total. The quantitative estimate of drug-likeness (QED) is 0.565. The van der Waals surface area contributed by atoms with Crippen LogP contribution in [0.3, 0.4) is 0 Å². The molecule has 1 aliphatic rings. The number of methoxy groups -OCH3 is 1. The lowest BCUT2D eigenvalue weighted by Crippen LogP contribution is -2.36. The summed E-state index contributed by atoms with van der Waals surface area (Å²) in [5.74, 6) is 0. The van der Waals surface area contributed by atoms with Crippen LogP contribution in [0.15, 0.2) is 0 Å². The van der Waals surface area contributed by atoms with Crippen LogP contribution in [0.1, 0.15) is 12.8 Å². The van der Waals surface area contributed by atoms with Crippen molar-refractivity contribution in [1.29, 1.82) is 0 Å². The summed E-state index contributed by atoms with van der Waals surface area (Å²) in [4.78, 5) is 22.4. The zero-order valence-corrected chi connectivity index (χ0v) is 6.86. The van der Waals surface area contributed by atoms with E-state index in [1.165, 1.54) is 12.0 Å².